The van der Waals surface area contributed by atoms with E-state index in [2.05, 4.69) is 48.9 Å². The van der Waals surface area contributed by atoms with Crippen LogP contribution < -0.4 is 0 Å². The minimum Gasteiger partial charge on any atom is -0.246 e. The lowest BCUT2D eigenvalue weighted by molar-refractivity contribution is 0.557. The molecule has 0 N–H and O–H groups in total. The molecule has 1 aromatic carbocycles. The molecule has 0 aliphatic rings. The van der Waals surface area contributed by atoms with Crippen molar-refractivity contribution < 1.29 is 0 Å². The molecular weight excluding hydrogens is 320 g/mol. The van der Waals surface area contributed by atoms with E-state index in [0.717, 1.165) is 18.5 Å². The molecule has 0 fully saturated rings. The third-order valence-electron chi connectivity index (χ3n) is 4.02. The van der Waals surface area contributed by atoms with Crippen LogP contribution in [-0.4, -0.2) is 9.97 Å². The van der Waals surface area contributed by atoms with E-state index in [1.165, 1.54) is 34.1 Å². The number of thiazole rings is 2. The van der Waals surface area contributed by atoms with Crippen molar-refractivity contribution in [2.24, 2.45) is 0 Å². The fourth-order valence-corrected chi connectivity index (χ4v) is 4.34. The van der Waals surface area contributed by atoms with Gasteiger partial charge in [0.2, 0.25) is 0 Å². The van der Waals surface area contributed by atoms with Gasteiger partial charge in [-0.05, 0) is 26.2 Å². The SMILES string of the molecule is CCCC(CCc1nc(-c2ccccc2)cs1)c1csc(C)n1. The maximum absolute atomic E-state index is 4.81. The zero-order valence-electron chi connectivity index (χ0n) is 13.7. The number of nitrogens with zero attached hydrogens (tertiary/aromatic N) is 2. The van der Waals surface area contributed by atoms with Crippen LogP contribution in [0.5, 0.6) is 0 Å². The number of benzene rings is 1. The van der Waals surface area contributed by atoms with E-state index in [0.29, 0.717) is 5.92 Å². The summed E-state index contributed by atoms with van der Waals surface area (Å²) in [5.41, 5.74) is 3.58. The van der Waals surface area contributed by atoms with Gasteiger partial charge in [-0.1, -0.05) is 43.7 Å². The van der Waals surface area contributed by atoms with Crippen LogP contribution in [0.25, 0.3) is 11.3 Å². The van der Waals surface area contributed by atoms with Crippen molar-refractivity contribution in [1.29, 1.82) is 0 Å². The topological polar surface area (TPSA) is 25.8 Å². The average molecular weight is 343 g/mol. The van der Waals surface area contributed by atoms with Crippen LogP contribution in [0.2, 0.25) is 0 Å². The van der Waals surface area contributed by atoms with Crippen LogP contribution in [0.1, 0.15) is 47.8 Å². The second-order valence-corrected chi connectivity index (χ2v) is 7.81. The van der Waals surface area contributed by atoms with Gasteiger partial charge < -0.3 is 0 Å². The normalized spacial score (nSPS) is 12.4. The van der Waals surface area contributed by atoms with E-state index in [4.69, 9.17) is 9.97 Å². The quantitative estimate of drug-likeness (QED) is 0.519. The van der Waals surface area contributed by atoms with E-state index >= 15 is 0 Å². The van der Waals surface area contributed by atoms with Crippen molar-refractivity contribution >= 4 is 22.7 Å². The molecule has 0 saturated carbocycles. The van der Waals surface area contributed by atoms with E-state index in [-0.39, 0.29) is 0 Å². The Morgan fingerprint density at radius 3 is 2.52 bits per heavy atom. The Hall–Kier alpha value is -1.52. The van der Waals surface area contributed by atoms with Crippen LogP contribution in [0.4, 0.5) is 0 Å². The number of hydrogen-bond acceptors (Lipinski definition) is 4. The highest BCUT2D eigenvalue weighted by Gasteiger charge is 2.15. The Morgan fingerprint density at radius 2 is 1.83 bits per heavy atom. The van der Waals surface area contributed by atoms with E-state index in [1.807, 2.05) is 6.07 Å². The number of aryl methyl sites for hydroxylation is 2. The minimum absolute atomic E-state index is 0.564. The average Bonchev–Trinajstić information content (AvgIpc) is 3.21. The van der Waals surface area contributed by atoms with Gasteiger partial charge in [-0.2, -0.15) is 0 Å². The molecule has 4 heteroatoms. The predicted octanol–water partition coefficient (Wildman–Crippen LogP) is 6.09. The molecule has 1 atom stereocenters. The van der Waals surface area contributed by atoms with Gasteiger partial charge >= 0.3 is 0 Å². The van der Waals surface area contributed by atoms with Gasteiger partial charge in [-0.15, -0.1) is 22.7 Å². The van der Waals surface area contributed by atoms with Crippen molar-refractivity contribution in [2.75, 3.05) is 0 Å². The second kappa shape index (κ2) is 7.84. The monoisotopic (exact) mass is 342 g/mol. The summed E-state index contributed by atoms with van der Waals surface area (Å²) in [7, 11) is 0. The zero-order valence-corrected chi connectivity index (χ0v) is 15.3. The maximum Gasteiger partial charge on any atom is 0.0932 e. The summed E-state index contributed by atoms with van der Waals surface area (Å²) in [6.07, 6.45) is 4.59. The molecule has 23 heavy (non-hydrogen) atoms. The first-order chi connectivity index (χ1) is 11.3. The molecule has 120 valence electrons. The molecule has 0 bridgehead atoms. The third-order valence-corrected chi connectivity index (χ3v) is 5.72. The molecule has 0 aliphatic carbocycles. The zero-order chi connectivity index (χ0) is 16.1. The van der Waals surface area contributed by atoms with Gasteiger partial charge in [0.25, 0.3) is 0 Å². The Labute approximate surface area is 146 Å². The molecule has 0 spiro atoms. The van der Waals surface area contributed by atoms with Crippen LogP contribution in [-0.2, 0) is 6.42 Å². The highest BCUT2D eigenvalue weighted by Crippen LogP contribution is 2.29. The molecule has 2 aromatic heterocycles. The van der Waals surface area contributed by atoms with E-state index in [9.17, 15) is 0 Å². The van der Waals surface area contributed by atoms with Crippen molar-refractivity contribution in [3.05, 3.63) is 56.8 Å². The summed E-state index contributed by atoms with van der Waals surface area (Å²) in [4.78, 5) is 9.51. The lowest BCUT2D eigenvalue weighted by Gasteiger charge is -2.12. The van der Waals surface area contributed by atoms with Gasteiger partial charge in [0.15, 0.2) is 0 Å². The lowest BCUT2D eigenvalue weighted by atomic mass is 9.95. The van der Waals surface area contributed by atoms with Gasteiger partial charge in [-0.3, -0.25) is 0 Å². The van der Waals surface area contributed by atoms with Crippen molar-refractivity contribution in [1.82, 2.24) is 9.97 Å². The molecule has 3 rings (SSSR count). The number of aromatic nitrogens is 2. The van der Waals surface area contributed by atoms with Gasteiger partial charge in [0, 0.05) is 22.2 Å². The predicted molar refractivity (Wildman–Crippen MR) is 100 cm³/mol. The molecular formula is C19H22N2S2. The lowest BCUT2D eigenvalue weighted by Crippen LogP contribution is -2.01. The molecule has 1 unspecified atom stereocenters. The van der Waals surface area contributed by atoms with E-state index in [1.54, 1.807) is 22.7 Å². The molecule has 0 saturated heterocycles. The summed E-state index contributed by atoms with van der Waals surface area (Å²) < 4.78 is 0. The first kappa shape index (κ1) is 16.3. The molecule has 2 heterocycles. The highest BCUT2D eigenvalue weighted by atomic mass is 32.1. The number of rotatable bonds is 7. The largest absolute Gasteiger partial charge is 0.246 e. The first-order valence-corrected chi connectivity index (χ1v) is 9.94. The summed E-state index contributed by atoms with van der Waals surface area (Å²) in [5, 5.41) is 6.80. The first-order valence-electron chi connectivity index (χ1n) is 8.18. The second-order valence-electron chi connectivity index (χ2n) is 5.81. The summed E-state index contributed by atoms with van der Waals surface area (Å²) in [6, 6.07) is 10.4. The summed E-state index contributed by atoms with van der Waals surface area (Å²) >= 11 is 3.53. The van der Waals surface area contributed by atoms with Crippen LogP contribution >= 0.6 is 22.7 Å². The minimum atomic E-state index is 0.564. The Morgan fingerprint density at radius 1 is 1.00 bits per heavy atom. The standard InChI is InChI=1S/C19H22N2S2/c1-3-7-15(17-12-22-14(2)20-17)10-11-19-21-18(13-23-19)16-8-5-4-6-9-16/h4-6,8-9,12-13,15H,3,7,10-11H2,1-2H3. The highest BCUT2D eigenvalue weighted by molar-refractivity contribution is 7.10. The van der Waals surface area contributed by atoms with E-state index < -0.39 is 0 Å². The van der Waals surface area contributed by atoms with Crippen LogP contribution in [0.3, 0.4) is 0 Å². The van der Waals surface area contributed by atoms with Gasteiger partial charge in [0.05, 0.1) is 21.4 Å². The number of hydrogen-bond donors (Lipinski definition) is 0. The summed E-state index contributed by atoms with van der Waals surface area (Å²) in [6.45, 7) is 4.34. The van der Waals surface area contributed by atoms with Crippen molar-refractivity contribution in [2.45, 2.75) is 45.4 Å². The molecule has 0 radical (unpaired) electrons. The van der Waals surface area contributed by atoms with Gasteiger partial charge in [-0.25, -0.2) is 9.97 Å². The van der Waals surface area contributed by atoms with Gasteiger partial charge in [0.1, 0.15) is 0 Å². The van der Waals surface area contributed by atoms with Crippen LogP contribution in [0.15, 0.2) is 41.1 Å². The Balaban J connectivity index is 1.66. The molecule has 0 amide bonds. The molecule has 0 aliphatic heterocycles. The Kier molecular flexibility index (Phi) is 5.57. The molecule has 2 nitrogen and oxygen atoms in total. The fraction of sp³-hybridized carbons (Fsp3) is 0.368. The summed E-state index contributed by atoms with van der Waals surface area (Å²) in [5.74, 6) is 0.564. The van der Waals surface area contributed by atoms with Crippen molar-refractivity contribution in [3.8, 4) is 11.3 Å². The Bertz CT molecular complexity index is 731. The smallest absolute Gasteiger partial charge is 0.0932 e. The fourth-order valence-electron chi connectivity index (χ4n) is 2.82. The maximum atomic E-state index is 4.81. The van der Waals surface area contributed by atoms with Crippen molar-refractivity contribution in [3.63, 3.8) is 0 Å². The third kappa shape index (κ3) is 4.27. The van der Waals surface area contributed by atoms with Crippen LogP contribution in [0, 0.1) is 6.92 Å². The molecule has 3 aromatic rings.